The van der Waals surface area contributed by atoms with E-state index < -0.39 is 5.97 Å². The molecule has 0 aromatic heterocycles. The first kappa shape index (κ1) is 11.9. The van der Waals surface area contributed by atoms with Gasteiger partial charge in [0.2, 0.25) is 0 Å². The number of aliphatic carboxylic acids is 1. The van der Waals surface area contributed by atoms with Crippen molar-refractivity contribution in [3.05, 3.63) is 12.7 Å². The molecule has 0 unspecified atom stereocenters. The van der Waals surface area contributed by atoms with Gasteiger partial charge in [0.1, 0.15) is 0 Å². The third-order valence-corrected chi connectivity index (χ3v) is 0.799. The van der Waals surface area contributed by atoms with Crippen LogP contribution in [0.4, 0.5) is 0 Å². The molecule has 9 heavy (non-hydrogen) atoms. The average molecular weight is 325 g/mol. The van der Waals surface area contributed by atoms with Crippen LogP contribution in [0.2, 0.25) is 0 Å². The summed E-state index contributed by atoms with van der Waals surface area (Å²) < 4.78 is 0. The van der Waals surface area contributed by atoms with Gasteiger partial charge in [0.05, 0.1) is 0 Å². The van der Waals surface area contributed by atoms with Crippen LogP contribution in [0.1, 0.15) is 19.3 Å². The molecule has 0 fully saturated rings. The molecule has 0 aromatic rings. The molecule has 0 atom stereocenters. The van der Waals surface area contributed by atoms with Crippen molar-refractivity contribution in [1.29, 1.82) is 0 Å². The molecule has 0 radical (unpaired) electrons. The molecule has 3 heteroatoms. The number of hydrogen-bond acceptors (Lipinski definition) is 1. The number of unbranched alkanes of at least 4 members (excludes halogenated alkanes) is 1. The Kier molecular flexibility index (Phi) is 10.7. The number of allylic oxidation sites excluding steroid dienone is 1. The summed E-state index contributed by atoms with van der Waals surface area (Å²) in [6.45, 7) is 3.46. The maximum absolute atomic E-state index is 9.84. The Labute approximate surface area is 75.1 Å². The Morgan fingerprint density at radius 1 is 1.67 bits per heavy atom. The monoisotopic (exact) mass is 326 g/mol. The summed E-state index contributed by atoms with van der Waals surface area (Å²) in [6.07, 6.45) is 3.49. The molecule has 2 nitrogen and oxygen atoms in total. The van der Waals surface area contributed by atoms with Crippen molar-refractivity contribution in [1.82, 2.24) is 0 Å². The molecule has 0 spiro atoms. The predicted octanol–water partition coefficient (Wildman–Crippen LogP) is -0.0243. The van der Waals surface area contributed by atoms with Gasteiger partial charge in [-0.3, -0.25) is 4.79 Å². The minimum atomic E-state index is -0.730. The number of carboxylic acids is 1. The zero-order valence-electron chi connectivity index (χ0n) is 4.76. The number of carboxylic acid groups (broad SMARTS) is 1. The minimum absolute atomic E-state index is 0. The summed E-state index contributed by atoms with van der Waals surface area (Å²) in [4.78, 5) is 9.84. The zero-order valence-corrected chi connectivity index (χ0v) is 4.76. The van der Waals surface area contributed by atoms with Crippen LogP contribution in [0.15, 0.2) is 12.7 Å². The topological polar surface area (TPSA) is 37.3 Å². The van der Waals surface area contributed by atoms with E-state index in [1.54, 1.807) is 6.08 Å². The Morgan fingerprint density at radius 3 is 2.56 bits per heavy atom. The van der Waals surface area contributed by atoms with Crippen molar-refractivity contribution >= 4 is 33.3 Å². The fraction of sp³-hybridized carbons (Fsp3) is 0.500. The van der Waals surface area contributed by atoms with E-state index in [-0.39, 0.29) is 33.7 Å². The molecular weight excluding hydrogens is 311 g/mol. The molecule has 0 saturated carbocycles. The van der Waals surface area contributed by atoms with Gasteiger partial charge in [-0.15, -0.1) is 6.58 Å². The van der Waals surface area contributed by atoms with Crippen molar-refractivity contribution in [2.75, 3.05) is 0 Å². The predicted molar refractivity (Wildman–Crippen MR) is 43.0 cm³/mol. The molecular formula is C6H14O2Pb. The Morgan fingerprint density at radius 2 is 2.22 bits per heavy atom. The first-order chi connectivity index (χ1) is 3.77. The third kappa shape index (κ3) is 11.6. The van der Waals surface area contributed by atoms with Gasteiger partial charge in [0, 0.05) is 6.42 Å². The standard InChI is InChI=1S/C6H10O2.Pb.4H/c1-2-3-4-5-6(7)8;;;;;/h2H,1,3-5H2,(H,7,8);;;;;. The zero-order chi connectivity index (χ0) is 6.41. The van der Waals surface area contributed by atoms with Gasteiger partial charge in [0.25, 0.3) is 0 Å². The van der Waals surface area contributed by atoms with E-state index in [1.807, 2.05) is 0 Å². The number of carbonyl (C=O) groups is 1. The van der Waals surface area contributed by atoms with Crippen LogP contribution in [0.25, 0.3) is 0 Å². The SMILES string of the molecule is C=CCCCC(=O)O.[PbH4]. The van der Waals surface area contributed by atoms with E-state index in [1.165, 1.54) is 0 Å². The average Bonchev–Trinajstić information content (AvgIpc) is 1.66. The van der Waals surface area contributed by atoms with Crippen molar-refractivity contribution in [2.45, 2.75) is 19.3 Å². The molecule has 0 aliphatic rings. The van der Waals surface area contributed by atoms with Crippen LogP contribution in [0.5, 0.6) is 0 Å². The number of rotatable bonds is 4. The first-order valence-corrected chi connectivity index (χ1v) is 2.60. The van der Waals surface area contributed by atoms with Crippen molar-refractivity contribution in [3.8, 4) is 0 Å². The van der Waals surface area contributed by atoms with Gasteiger partial charge in [0.15, 0.2) is 0 Å². The van der Waals surface area contributed by atoms with E-state index in [0.717, 1.165) is 6.42 Å². The fourth-order valence-electron chi connectivity index (χ4n) is 0.398. The molecule has 0 heterocycles. The van der Waals surface area contributed by atoms with E-state index in [2.05, 4.69) is 6.58 Å². The normalized spacial score (nSPS) is 7.56. The van der Waals surface area contributed by atoms with Gasteiger partial charge < -0.3 is 5.11 Å². The molecule has 0 bridgehead atoms. The summed E-state index contributed by atoms with van der Waals surface area (Å²) in [6, 6.07) is 0. The third-order valence-electron chi connectivity index (χ3n) is 0.799. The van der Waals surface area contributed by atoms with Crippen LogP contribution in [0.3, 0.4) is 0 Å². The van der Waals surface area contributed by atoms with Crippen LogP contribution in [0, 0.1) is 0 Å². The maximum atomic E-state index is 9.84. The first-order valence-electron chi connectivity index (χ1n) is 2.60. The molecule has 0 rings (SSSR count). The van der Waals surface area contributed by atoms with Gasteiger partial charge >= 0.3 is 33.3 Å². The molecule has 0 aliphatic heterocycles. The molecule has 0 amide bonds. The summed E-state index contributed by atoms with van der Waals surface area (Å²) in [5.74, 6) is -0.730. The van der Waals surface area contributed by atoms with Gasteiger partial charge in [-0.25, -0.2) is 0 Å². The van der Waals surface area contributed by atoms with Crippen LogP contribution in [-0.2, 0) is 4.79 Å². The fourth-order valence-corrected chi connectivity index (χ4v) is 0.398. The second kappa shape index (κ2) is 8.13. The van der Waals surface area contributed by atoms with Gasteiger partial charge in [-0.2, -0.15) is 0 Å². The van der Waals surface area contributed by atoms with Crippen LogP contribution in [-0.4, -0.2) is 38.4 Å². The second-order valence-corrected chi connectivity index (χ2v) is 1.57. The van der Waals surface area contributed by atoms with Gasteiger partial charge in [-0.05, 0) is 12.8 Å². The van der Waals surface area contributed by atoms with Gasteiger partial charge in [-0.1, -0.05) is 6.08 Å². The molecule has 0 saturated heterocycles. The summed E-state index contributed by atoms with van der Waals surface area (Å²) in [5.41, 5.74) is 0. The molecule has 54 valence electrons. The quantitative estimate of drug-likeness (QED) is 0.448. The second-order valence-electron chi connectivity index (χ2n) is 1.57. The number of hydrogen-bond donors (Lipinski definition) is 1. The van der Waals surface area contributed by atoms with E-state index in [9.17, 15) is 4.79 Å². The van der Waals surface area contributed by atoms with E-state index >= 15 is 0 Å². The van der Waals surface area contributed by atoms with Crippen LogP contribution < -0.4 is 0 Å². The molecule has 0 aliphatic carbocycles. The summed E-state index contributed by atoms with van der Waals surface area (Å²) in [5, 5.41) is 8.11. The van der Waals surface area contributed by atoms with Crippen LogP contribution >= 0.6 is 0 Å². The molecule has 0 aromatic carbocycles. The van der Waals surface area contributed by atoms with Crippen molar-refractivity contribution in [2.24, 2.45) is 0 Å². The van der Waals surface area contributed by atoms with E-state index in [0.29, 0.717) is 6.42 Å². The van der Waals surface area contributed by atoms with Crippen molar-refractivity contribution in [3.63, 3.8) is 0 Å². The van der Waals surface area contributed by atoms with Crippen molar-refractivity contribution < 1.29 is 9.90 Å². The Bertz CT molecular complexity index is 91.1. The molecule has 1 N–H and O–H groups in total. The Balaban J connectivity index is 0. The summed E-state index contributed by atoms with van der Waals surface area (Å²) >= 11 is 0. The Hall–Kier alpha value is 0.132. The summed E-state index contributed by atoms with van der Waals surface area (Å²) in [7, 11) is 0. The van der Waals surface area contributed by atoms with E-state index in [4.69, 9.17) is 5.11 Å².